The summed E-state index contributed by atoms with van der Waals surface area (Å²) >= 11 is 1.76. The minimum Gasteiger partial charge on any atom is -0.299 e. The van der Waals surface area contributed by atoms with Crippen molar-refractivity contribution in [2.75, 3.05) is 0 Å². The Morgan fingerprint density at radius 3 is 2.54 bits per heavy atom. The van der Waals surface area contributed by atoms with Gasteiger partial charge >= 0.3 is 0 Å². The van der Waals surface area contributed by atoms with Crippen molar-refractivity contribution in [3.8, 4) is 32.1 Å². The van der Waals surface area contributed by atoms with E-state index in [0.29, 0.717) is 0 Å². The molecule has 0 aliphatic rings. The second kappa shape index (κ2) is 5.93. The van der Waals surface area contributed by atoms with Crippen LogP contribution in [0.3, 0.4) is 0 Å². The number of rotatable bonds is 3. The Morgan fingerprint density at radius 1 is 0.885 bits per heavy atom. The normalized spacial score (nSPS) is 11.3. The highest BCUT2D eigenvalue weighted by atomic mass is 32.1. The molecule has 0 unspecified atom stereocenters. The van der Waals surface area contributed by atoms with Gasteiger partial charge in [-0.05, 0) is 47.5 Å². The van der Waals surface area contributed by atoms with Crippen molar-refractivity contribution >= 4 is 17.0 Å². The molecule has 5 heterocycles. The first-order valence-electron chi connectivity index (χ1n) is 8.25. The molecule has 0 atom stereocenters. The van der Waals surface area contributed by atoms with Crippen LogP contribution in [-0.2, 0) is 7.05 Å². The molecule has 6 heteroatoms. The minimum absolute atomic E-state index is 0.931. The first-order chi connectivity index (χ1) is 12.8. The fraction of sp³-hybridized carbons (Fsp3) is 0.0500. The molecular formula is C20H15N5S. The highest BCUT2D eigenvalue weighted by Crippen LogP contribution is 2.34. The van der Waals surface area contributed by atoms with Gasteiger partial charge in [0.05, 0.1) is 23.0 Å². The molecule has 126 valence electrons. The van der Waals surface area contributed by atoms with Crippen LogP contribution in [0.15, 0.2) is 73.6 Å². The summed E-state index contributed by atoms with van der Waals surface area (Å²) in [6.07, 6.45) is 11.5. The molecule has 0 saturated heterocycles. The molecule has 26 heavy (non-hydrogen) atoms. The summed E-state index contributed by atoms with van der Waals surface area (Å²) in [5, 5.41) is 4.24. The van der Waals surface area contributed by atoms with E-state index < -0.39 is 0 Å². The second-order valence-corrected chi connectivity index (χ2v) is 7.17. The van der Waals surface area contributed by atoms with Crippen molar-refractivity contribution in [1.82, 2.24) is 24.1 Å². The molecule has 0 aliphatic heterocycles. The number of nitrogens with zero attached hydrogens (tertiary/aromatic N) is 5. The summed E-state index contributed by atoms with van der Waals surface area (Å²) in [6, 6.07) is 12.6. The van der Waals surface area contributed by atoms with Crippen LogP contribution in [0.25, 0.3) is 37.8 Å². The lowest BCUT2D eigenvalue weighted by Crippen LogP contribution is -1.87. The monoisotopic (exact) mass is 357 g/mol. The third-order valence-electron chi connectivity index (χ3n) is 4.37. The first kappa shape index (κ1) is 15.0. The van der Waals surface area contributed by atoms with E-state index in [9.17, 15) is 0 Å². The van der Waals surface area contributed by atoms with Crippen LogP contribution in [0.4, 0.5) is 0 Å². The summed E-state index contributed by atoms with van der Waals surface area (Å²) in [5.41, 5.74) is 5.43. The molecule has 0 bridgehead atoms. The minimum atomic E-state index is 0.931. The number of aryl methyl sites for hydroxylation is 1. The van der Waals surface area contributed by atoms with E-state index in [1.54, 1.807) is 11.3 Å². The van der Waals surface area contributed by atoms with Crippen molar-refractivity contribution in [3.05, 3.63) is 73.6 Å². The summed E-state index contributed by atoms with van der Waals surface area (Å²) in [7, 11) is 1.92. The number of thiophene rings is 1. The molecule has 0 spiro atoms. The molecule has 5 rings (SSSR count). The lowest BCUT2D eigenvalue weighted by molar-refractivity contribution is 0.768. The van der Waals surface area contributed by atoms with Gasteiger partial charge in [0.25, 0.3) is 0 Å². The van der Waals surface area contributed by atoms with Crippen LogP contribution < -0.4 is 0 Å². The Morgan fingerprint density at radius 2 is 1.73 bits per heavy atom. The van der Waals surface area contributed by atoms with Gasteiger partial charge in [0, 0.05) is 42.3 Å². The Labute approximate surface area is 154 Å². The van der Waals surface area contributed by atoms with E-state index in [4.69, 9.17) is 0 Å². The number of fused-ring (bicyclic) bond motifs is 1. The van der Waals surface area contributed by atoms with E-state index in [-0.39, 0.29) is 0 Å². The Kier molecular flexibility index (Phi) is 3.43. The Balaban J connectivity index is 1.55. The van der Waals surface area contributed by atoms with Crippen molar-refractivity contribution < 1.29 is 0 Å². The maximum Gasteiger partial charge on any atom is 0.137 e. The van der Waals surface area contributed by atoms with Crippen LogP contribution >= 0.6 is 11.3 Å². The zero-order valence-corrected chi connectivity index (χ0v) is 14.9. The van der Waals surface area contributed by atoms with Gasteiger partial charge in [-0.2, -0.15) is 5.10 Å². The lowest BCUT2D eigenvalue weighted by Gasteiger charge is -2.02. The van der Waals surface area contributed by atoms with Gasteiger partial charge in [-0.15, -0.1) is 11.3 Å². The molecule has 0 radical (unpaired) electrons. The predicted molar refractivity (Wildman–Crippen MR) is 104 cm³/mol. The standard InChI is InChI=1S/C20H15N5S/c1-24-13-16(11-23-24)15-6-9-25-17(12-22-20(25)10-15)19-3-2-18(26-19)14-4-7-21-8-5-14/h2-13H,1H3. The van der Waals surface area contributed by atoms with Gasteiger partial charge in [-0.3, -0.25) is 14.1 Å². The summed E-state index contributed by atoms with van der Waals surface area (Å²) < 4.78 is 3.94. The number of imidazole rings is 1. The fourth-order valence-electron chi connectivity index (χ4n) is 3.06. The van der Waals surface area contributed by atoms with E-state index in [2.05, 4.69) is 49.9 Å². The summed E-state index contributed by atoms with van der Waals surface area (Å²) in [6.45, 7) is 0. The Bertz CT molecular complexity index is 1200. The molecule has 0 aromatic carbocycles. The SMILES string of the molecule is Cn1cc(-c2ccn3c(-c4ccc(-c5ccncc5)s4)cnc3c2)cn1. The van der Waals surface area contributed by atoms with Crippen molar-refractivity contribution in [2.45, 2.75) is 0 Å². The third kappa shape index (κ3) is 2.51. The van der Waals surface area contributed by atoms with Gasteiger partial charge in [-0.25, -0.2) is 4.98 Å². The van der Waals surface area contributed by atoms with Crippen molar-refractivity contribution in [3.63, 3.8) is 0 Å². The zero-order valence-electron chi connectivity index (χ0n) is 14.1. The van der Waals surface area contributed by atoms with Gasteiger partial charge in [0.1, 0.15) is 5.65 Å². The average molecular weight is 357 g/mol. The molecule has 0 N–H and O–H groups in total. The summed E-state index contributed by atoms with van der Waals surface area (Å²) in [5.74, 6) is 0. The van der Waals surface area contributed by atoms with Crippen molar-refractivity contribution in [2.24, 2.45) is 7.05 Å². The van der Waals surface area contributed by atoms with Crippen LogP contribution in [0.2, 0.25) is 0 Å². The van der Waals surface area contributed by atoms with E-state index in [1.807, 2.05) is 54.8 Å². The quantitative estimate of drug-likeness (QED) is 0.477. The fourth-order valence-corrected chi connectivity index (χ4v) is 4.08. The summed E-state index contributed by atoms with van der Waals surface area (Å²) in [4.78, 5) is 11.1. The van der Waals surface area contributed by atoms with Crippen LogP contribution in [-0.4, -0.2) is 24.1 Å². The Hall–Kier alpha value is -3.25. The molecular weight excluding hydrogens is 342 g/mol. The first-order valence-corrected chi connectivity index (χ1v) is 9.06. The van der Waals surface area contributed by atoms with E-state index in [1.165, 1.54) is 15.3 Å². The maximum atomic E-state index is 4.60. The van der Waals surface area contributed by atoms with E-state index >= 15 is 0 Å². The molecule has 5 aromatic heterocycles. The molecule has 0 amide bonds. The highest BCUT2D eigenvalue weighted by molar-refractivity contribution is 7.18. The molecule has 0 fully saturated rings. The van der Waals surface area contributed by atoms with Gasteiger partial charge in [-0.1, -0.05) is 0 Å². The van der Waals surface area contributed by atoms with Gasteiger partial charge in [0.15, 0.2) is 0 Å². The van der Waals surface area contributed by atoms with Crippen LogP contribution in [0.1, 0.15) is 0 Å². The van der Waals surface area contributed by atoms with Gasteiger partial charge < -0.3 is 0 Å². The van der Waals surface area contributed by atoms with Crippen molar-refractivity contribution in [1.29, 1.82) is 0 Å². The highest BCUT2D eigenvalue weighted by Gasteiger charge is 2.11. The van der Waals surface area contributed by atoms with Crippen LogP contribution in [0.5, 0.6) is 0 Å². The zero-order chi connectivity index (χ0) is 17.5. The lowest BCUT2D eigenvalue weighted by atomic mass is 10.1. The second-order valence-electron chi connectivity index (χ2n) is 6.09. The maximum absolute atomic E-state index is 4.60. The van der Waals surface area contributed by atoms with E-state index in [0.717, 1.165) is 22.5 Å². The van der Waals surface area contributed by atoms with Gasteiger partial charge in [0.2, 0.25) is 0 Å². The number of aromatic nitrogens is 5. The predicted octanol–water partition coefficient (Wildman–Crippen LogP) is 4.53. The smallest absolute Gasteiger partial charge is 0.137 e. The molecule has 0 saturated carbocycles. The molecule has 0 aliphatic carbocycles. The number of pyridine rings is 2. The van der Waals surface area contributed by atoms with Crippen LogP contribution in [0, 0.1) is 0 Å². The number of hydrogen-bond acceptors (Lipinski definition) is 4. The molecule has 5 nitrogen and oxygen atoms in total. The third-order valence-corrected chi connectivity index (χ3v) is 5.53. The topological polar surface area (TPSA) is 48.0 Å². The number of hydrogen-bond donors (Lipinski definition) is 0. The average Bonchev–Trinajstić information content (AvgIpc) is 3.40. The largest absolute Gasteiger partial charge is 0.299 e. The molecule has 5 aromatic rings.